The lowest BCUT2D eigenvalue weighted by atomic mass is 10.1. The molecule has 15 heavy (non-hydrogen) atoms. The minimum absolute atomic E-state index is 0.216. The fourth-order valence-electron chi connectivity index (χ4n) is 0.883. The van der Waals surface area contributed by atoms with Gasteiger partial charge in [-0.05, 0) is 36.1 Å². The first-order chi connectivity index (χ1) is 7.24. The zero-order valence-corrected chi connectivity index (χ0v) is 7.82. The van der Waals surface area contributed by atoms with E-state index in [-0.39, 0.29) is 12.2 Å². The van der Waals surface area contributed by atoms with Crippen LogP contribution >= 0.6 is 0 Å². The van der Waals surface area contributed by atoms with E-state index < -0.39 is 5.97 Å². The van der Waals surface area contributed by atoms with Crippen LogP contribution in [0.4, 0.5) is 0 Å². The second-order valence-corrected chi connectivity index (χ2v) is 2.59. The van der Waals surface area contributed by atoms with Crippen molar-refractivity contribution in [1.29, 1.82) is 0 Å². The third kappa shape index (κ3) is 3.56. The van der Waals surface area contributed by atoms with E-state index in [4.69, 9.17) is 10.2 Å². The molecule has 0 spiro atoms. The summed E-state index contributed by atoms with van der Waals surface area (Å²) >= 11 is 0. The van der Waals surface area contributed by atoms with Gasteiger partial charge >= 0.3 is 5.97 Å². The summed E-state index contributed by atoms with van der Waals surface area (Å²) in [7, 11) is 0. The molecule has 0 aliphatic rings. The molecular formula is C12H8O3. The SMILES string of the molecule is O=C(O)c1ccc(C#CC#CCO)cc1. The molecule has 0 fully saturated rings. The number of carboxylic acids is 1. The normalized spacial score (nSPS) is 8.07. The van der Waals surface area contributed by atoms with Crippen LogP contribution in [-0.4, -0.2) is 22.8 Å². The van der Waals surface area contributed by atoms with E-state index in [0.717, 1.165) is 0 Å². The maximum Gasteiger partial charge on any atom is 0.335 e. The number of aliphatic hydroxyl groups excluding tert-OH is 1. The molecule has 0 aliphatic carbocycles. The van der Waals surface area contributed by atoms with Crippen LogP contribution in [0.2, 0.25) is 0 Å². The molecule has 0 saturated heterocycles. The van der Waals surface area contributed by atoms with Crippen LogP contribution in [0, 0.1) is 23.7 Å². The van der Waals surface area contributed by atoms with Gasteiger partial charge in [0.05, 0.1) is 5.56 Å². The van der Waals surface area contributed by atoms with Gasteiger partial charge in [-0.2, -0.15) is 0 Å². The fourth-order valence-corrected chi connectivity index (χ4v) is 0.883. The summed E-state index contributed by atoms with van der Waals surface area (Å²) < 4.78 is 0. The second kappa shape index (κ2) is 5.49. The molecule has 2 N–H and O–H groups in total. The van der Waals surface area contributed by atoms with Gasteiger partial charge in [0.2, 0.25) is 0 Å². The minimum Gasteiger partial charge on any atom is -0.478 e. The van der Waals surface area contributed by atoms with E-state index in [2.05, 4.69) is 23.7 Å². The van der Waals surface area contributed by atoms with E-state index in [1.54, 1.807) is 12.1 Å². The highest BCUT2D eigenvalue weighted by Crippen LogP contribution is 2.02. The molecule has 74 valence electrons. The summed E-state index contributed by atoms with van der Waals surface area (Å²) in [6.07, 6.45) is 0. The third-order valence-electron chi connectivity index (χ3n) is 1.57. The molecule has 3 heteroatoms. The highest BCUT2D eigenvalue weighted by atomic mass is 16.4. The Balaban J connectivity index is 2.79. The molecule has 3 nitrogen and oxygen atoms in total. The molecule has 0 bridgehead atoms. The first kappa shape index (κ1) is 10.8. The standard InChI is InChI=1S/C12H8O3/c13-9-3-1-2-4-10-5-7-11(8-6-10)12(14)15/h5-8,13H,9H2,(H,14,15). The van der Waals surface area contributed by atoms with Gasteiger partial charge in [-0.25, -0.2) is 4.79 Å². The largest absolute Gasteiger partial charge is 0.478 e. The lowest BCUT2D eigenvalue weighted by Gasteiger charge is -1.92. The molecule has 0 amide bonds. The van der Waals surface area contributed by atoms with Gasteiger partial charge in [0.1, 0.15) is 6.61 Å². The van der Waals surface area contributed by atoms with Gasteiger partial charge in [0.15, 0.2) is 0 Å². The van der Waals surface area contributed by atoms with Crippen LogP contribution in [0.15, 0.2) is 24.3 Å². The Bertz CT molecular complexity index is 464. The number of aromatic carboxylic acids is 1. The van der Waals surface area contributed by atoms with Crippen LogP contribution in [-0.2, 0) is 0 Å². The Labute approximate surface area is 87.4 Å². The molecule has 0 unspecified atom stereocenters. The molecule has 0 aromatic heterocycles. The fraction of sp³-hybridized carbons (Fsp3) is 0.0833. The first-order valence-corrected chi connectivity index (χ1v) is 4.17. The molecule has 0 heterocycles. The van der Waals surface area contributed by atoms with Gasteiger partial charge in [0, 0.05) is 5.56 Å². The summed E-state index contributed by atoms with van der Waals surface area (Å²) in [5.41, 5.74) is 0.911. The number of carbonyl (C=O) groups is 1. The summed E-state index contributed by atoms with van der Waals surface area (Å²) in [6, 6.07) is 6.17. The Hall–Kier alpha value is -2.23. The Morgan fingerprint density at radius 1 is 1.20 bits per heavy atom. The highest BCUT2D eigenvalue weighted by molar-refractivity contribution is 5.87. The smallest absolute Gasteiger partial charge is 0.335 e. The molecule has 1 aromatic carbocycles. The zero-order chi connectivity index (χ0) is 11.1. The number of benzene rings is 1. The van der Waals surface area contributed by atoms with E-state index >= 15 is 0 Å². The lowest BCUT2D eigenvalue weighted by Crippen LogP contribution is -1.94. The van der Waals surface area contributed by atoms with Crippen LogP contribution in [0.25, 0.3) is 0 Å². The molecule has 0 saturated carbocycles. The number of aliphatic hydroxyl groups is 1. The Morgan fingerprint density at radius 3 is 2.40 bits per heavy atom. The van der Waals surface area contributed by atoms with Crippen LogP contribution in [0.3, 0.4) is 0 Å². The second-order valence-electron chi connectivity index (χ2n) is 2.59. The van der Waals surface area contributed by atoms with Crippen molar-refractivity contribution in [3.63, 3.8) is 0 Å². The predicted molar refractivity (Wildman–Crippen MR) is 55.1 cm³/mol. The number of rotatable bonds is 1. The topological polar surface area (TPSA) is 57.5 Å². The molecular weight excluding hydrogens is 192 g/mol. The quantitative estimate of drug-likeness (QED) is 0.657. The number of carboxylic acid groups (broad SMARTS) is 1. The lowest BCUT2D eigenvalue weighted by molar-refractivity contribution is 0.0697. The maximum atomic E-state index is 10.5. The average Bonchev–Trinajstić information content (AvgIpc) is 2.25. The van der Waals surface area contributed by atoms with Crippen LogP contribution < -0.4 is 0 Å². The maximum absolute atomic E-state index is 10.5. The van der Waals surface area contributed by atoms with Crippen molar-refractivity contribution in [3.05, 3.63) is 35.4 Å². The first-order valence-electron chi connectivity index (χ1n) is 4.17. The van der Waals surface area contributed by atoms with Crippen molar-refractivity contribution >= 4 is 5.97 Å². The van der Waals surface area contributed by atoms with Crippen molar-refractivity contribution in [1.82, 2.24) is 0 Å². The van der Waals surface area contributed by atoms with Crippen molar-refractivity contribution in [2.75, 3.05) is 6.61 Å². The molecule has 0 atom stereocenters. The predicted octanol–water partition coefficient (Wildman–Crippen LogP) is 0.732. The highest BCUT2D eigenvalue weighted by Gasteiger charge is 1.99. The van der Waals surface area contributed by atoms with Crippen molar-refractivity contribution < 1.29 is 15.0 Å². The molecule has 1 aromatic rings. The number of hydrogen-bond acceptors (Lipinski definition) is 2. The monoisotopic (exact) mass is 200 g/mol. The van der Waals surface area contributed by atoms with E-state index in [9.17, 15) is 4.79 Å². The summed E-state index contributed by atoms with van der Waals surface area (Å²) in [5.74, 6) is 9.12. The zero-order valence-electron chi connectivity index (χ0n) is 7.82. The Morgan fingerprint density at radius 2 is 1.87 bits per heavy atom. The summed E-state index contributed by atoms with van der Waals surface area (Å²) in [5, 5.41) is 17.0. The number of hydrogen-bond donors (Lipinski definition) is 2. The molecule has 0 aliphatic heterocycles. The third-order valence-corrected chi connectivity index (χ3v) is 1.57. The average molecular weight is 200 g/mol. The minimum atomic E-state index is -0.963. The van der Waals surface area contributed by atoms with Crippen molar-refractivity contribution in [2.45, 2.75) is 0 Å². The van der Waals surface area contributed by atoms with E-state index in [1.165, 1.54) is 12.1 Å². The van der Waals surface area contributed by atoms with E-state index in [1.807, 2.05) is 0 Å². The van der Waals surface area contributed by atoms with Crippen molar-refractivity contribution in [2.24, 2.45) is 0 Å². The van der Waals surface area contributed by atoms with Crippen molar-refractivity contribution in [3.8, 4) is 23.7 Å². The van der Waals surface area contributed by atoms with Crippen LogP contribution in [0.5, 0.6) is 0 Å². The summed E-state index contributed by atoms with van der Waals surface area (Å²) in [6.45, 7) is -0.216. The Kier molecular flexibility index (Phi) is 3.97. The van der Waals surface area contributed by atoms with Gasteiger partial charge in [-0.3, -0.25) is 0 Å². The van der Waals surface area contributed by atoms with Gasteiger partial charge in [0.25, 0.3) is 0 Å². The van der Waals surface area contributed by atoms with Gasteiger partial charge < -0.3 is 10.2 Å². The van der Waals surface area contributed by atoms with Gasteiger partial charge in [-0.15, -0.1) is 0 Å². The molecule has 1 rings (SSSR count). The summed E-state index contributed by atoms with van der Waals surface area (Å²) in [4.78, 5) is 10.5. The van der Waals surface area contributed by atoms with Crippen LogP contribution in [0.1, 0.15) is 15.9 Å². The van der Waals surface area contributed by atoms with E-state index in [0.29, 0.717) is 5.56 Å². The van der Waals surface area contributed by atoms with Gasteiger partial charge in [-0.1, -0.05) is 11.8 Å². The molecule has 0 radical (unpaired) electrons.